The lowest BCUT2D eigenvalue weighted by Crippen LogP contribution is -2.51. The summed E-state index contributed by atoms with van der Waals surface area (Å²) in [5.74, 6) is 0.271. The SMILES string of the molecule is COc1ccc([Si](C)(C)[C@H]2[C@H](CCO)O[C@@]3(C(=O)N(Cc4ccc(I)cc4)c4ccc([N+](=O)[O-])cc43)[C@@H]2C)cc1. The van der Waals surface area contributed by atoms with Crippen LogP contribution < -0.4 is 14.8 Å². The number of non-ortho nitro benzene ring substituents is 1. The van der Waals surface area contributed by atoms with E-state index in [1.54, 1.807) is 18.1 Å². The molecule has 4 atom stereocenters. The number of rotatable bonds is 8. The van der Waals surface area contributed by atoms with Crippen LogP contribution in [0.3, 0.4) is 0 Å². The number of halogens is 1. The smallest absolute Gasteiger partial charge is 0.269 e. The van der Waals surface area contributed by atoms with Crippen LogP contribution in [-0.2, 0) is 21.7 Å². The number of methoxy groups -OCH3 is 1. The van der Waals surface area contributed by atoms with Crippen LogP contribution in [0.25, 0.3) is 0 Å². The zero-order valence-corrected chi connectivity index (χ0v) is 26.1. The first kappa shape index (κ1) is 28.7. The van der Waals surface area contributed by atoms with E-state index in [1.807, 2.05) is 43.3 Å². The third-order valence-corrected chi connectivity index (χ3v) is 13.8. The van der Waals surface area contributed by atoms with E-state index < -0.39 is 24.7 Å². The van der Waals surface area contributed by atoms with E-state index in [-0.39, 0.29) is 29.7 Å². The molecule has 10 heteroatoms. The molecule has 1 spiro atoms. The van der Waals surface area contributed by atoms with E-state index in [0.717, 1.165) is 14.9 Å². The van der Waals surface area contributed by atoms with E-state index in [9.17, 15) is 20.0 Å². The second kappa shape index (κ2) is 10.9. The first-order valence-corrected chi connectivity index (χ1v) is 17.5. The Morgan fingerprint density at radius 3 is 2.40 bits per heavy atom. The number of nitro groups is 1. The van der Waals surface area contributed by atoms with Gasteiger partial charge >= 0.3 is 0 Å². The highest BCUT2D eigenvalue weighted by Gasteiger charge is 2.66. The predicted molar refractivity (Wildman–Crippen MR) is 165 cm³/mol. The number of benzene rings is 3. The fourth-order valence-electron chi connectivity index (χ4n) is 6.74. The van der Waals surface area contributed by atoms with Crippen molar-refractivity contribution in [2.75, 3.05) is 18.6 Å². The summed E-state index contributed by atoms with van der Waals surface area (Å²) in [7, 11) is -0.690. The highest BCUT2D eigenvalue weighted by molar-refractivity contribution is 14.1. The fourth-order valence-corrected chi connectivity index (χ4v) is 11.2. The summed E-state index contributed by atoms with van der Waals surface area (Å²) in [5, 5.41) is 23.1. The van der Waals surface area contributed by atoms with Gasteiger partial charge in [-0.1, -0.05) is 49.5 Å². The number of fused-ring (bicyclic) bond motifs is 2. The van der Waals surface area contributed by atoms with E-state index in [0.29, 0.717) is 24.2 Å². The van der Waals surface area contributed by atoms with Crippen LogP contribution in [0.2, 0.25) is 18.6 Å². The van der Waals surface area contributed by atoms with Gasteiger partial charge in [-0.15, -0.1) is 0 Å². The minimum absolute atomic E-state index is 0.0395. The van der Waals surface area contributed by atoms with Crippen LogP contribution in [0.5, 0.6) is 5.75 Å². The van der Waals surface area contributed by atoms with Crippen LogP contribution in [-0.4, -0.2) is 43.8 Å². The molecule has 0 aliphatic carbocycles. The first-order chi connectivity index (χ1) is 19.0. The number of nitro benzene ring substituents is 1. The molecule has 0 saturated carbocycles. The lowest BCUT2D eigenvalue weighted by molar-refractivity contribution is -0.385. The van der Waals surface area contributed by atoms with Crippen LogP contribution in [0.4, 0.5) is 11.4 Å². The highest BCUT2D eigenvalue weighted by Crippen LogP contribution is 2.60. The number of aliphatic hydroxyl groups excluding tert-OH is 1. The molecule has 210 valence electrons. The third kappa shape index (κ3) is 4.64. The molecule has 1 fully saturated rings. The number of amides is 1. The monoisotopic (exact) mass is 672 g/mol. The van der Waals surface area contributed by atoms with Gasteiger partial charge in [0.15, 0.2) is 5.60 Å². The van der Waals surface area contributed by atoms with Crippen molar-refractivity contribution in [3.05, 3.63) is 91.5 Å². The Kier molecular flexibility index (Phi) is 7.81. The van der Waals surface area contributed by atoms with Crippen molar-refractivity contribution in [3.8, 4) is 5.75 Å². The summed E-state index contributed by atoms with van der Waals surface area (Å²) < 4.78 is 13.3. The largest absolute Gasteiger partial charge is 0.497 e. The molecule has 2 heterocycles. The van der Waals surface area contributed by atoms with Gasteiger partial charge in [0.05, 0.1) is 38.4 Å². The summed E-state index contributed by atoms with van der Waals surface area (Å²) in [5.41, 5.74) is 0.625. The Morgan fingerprint density at radius 2 is 1.80 bits per heavy atom. The molecule has 2 aliphatic heterocycles. The maximum absolute atomic E-state index is 14.6. The Labute approximate surface area is 248 Å². The number of hydrogen-bond donors (Lipinski definition) is 1. The number of carbonyl (C=O) groups excluding carboxylic acids is 1. The molecule has 2 aliphatic rings. The molecule has 1 amide bonds. The predicted octanol–water partition coefficient (Wildman–Crippen LogP) is 5.35. The summed E-state index contributed by atoms with van der Waals surface area (Å²) in [6.07, 6.45) is -0.0176. The standard InChI is InChI=1S/C30H33IN2O6Si/c1-19-28(40(3,4)24-12-10-23(38-2)11-13-24)27(15-16-34)39-30(19)25-17-22(33(36)37)9-14-26(25)32(29(30)35)18-20-5-7-21(31)8-6-20/h5-14,17,19,27-28,34H,15-16,18H2,1-4H3/t19-,27+,28-,30+/m1/s1. The Hall–Kier alpha value is -2.80. The molecule has 1 N–H and O–H groups in total. The summed E-state index contributed by atoms with van der Waals surface area (Å²) >= 11 is 2.24. The van der Waals surface area contributed by atoms with E-state index in [1.165, 1.54) is 17.3 Å². The van der Waals surface area contributed by atoms with Gasteiger partial charge in [-0.2, -0.15) is 0 Å². The van der Waals surface area contributed by atoms with Crippen molar-refractivity contribution in [3.63, 3.8) is 0 Å². The molecule has 0 radical (unpaired) electrons. The van der Waals surface area contributed by atoms with Crippen LogP contribution in [0.1, 0.15) is 24.5 Å². The van der Waals surface area contributed by atoms with E-state index >= 15 is 0 Å². The average molecular weight is 673 g/mol. The van der Waals surface area contributed by atoms with Crippen molar-refractivity contribution < 1.29 is 24.3 Å². The molecule has 1 saturated heterocycles. The lowest BCUT2D eigenvalue weighted by Gasteiger charge is -2.37. The second-order valence-electron chi connectivity index (χ2n) is 11.1. The molecular formula is C30H33IN2O6Si. The number of ether oxygens (including phenoxy) is 2. The number of anilines is 1. The van der Waals surface area contributed by atoms with E-state index in [2.05, 4.69) is 47.8 Å². The molecule has 0 aromatic heterocycles. The number of nitrogens with zero attached hydrogens (tertiary/aromatic N) is 2. The Balaban J connectivity index is 1.63. The maximum atomic E-state index is 14.6. The van der Waals surface area contributed by atoms with Crippen molar-refractivity contribution in [2.24, 2.45) is 5.92 Å². The summed E-state index contributed by atoms with van der Waals surface area (Å²) in [6, 6.07) is 20.6. The van der Waals surface area contributed by atoms with Gasteiger partial charge in [-0.3, -0.25) is 14.9 Å². The van der Waals surface area contributed by atoms with Crippen molar-refractivity contribution in [1.82, 2.24) is 0 Å². The molecule has 3 aromatic rings. The van der Waals surface area contributed by atoms with Gasteiger partial charge in [-0.25, -0.2) is 0 Å². The number of aliphatic hydroxyl groups is 1. The second-order valence-corrected chi connectivity index (χ2v) is 17.1. The first-order valence-electron chi connectivity index (χ1n) is 13.3. The topological polar surface area (TPSA) is 102 Å². The average Bonchev–Trinajstić information content (AvgIpc) is 3.36. The highest BCUT2D eigenvalue weighted by atomic mass is 127. The van der Waals surface area contributed by atoms with Crippen molar-refractivity contribution >= 4 is 53.1 Å². The molecule has 40 heavy (non-hydrogen) atoms. The third-order valence-electron chi connectivity index (χ3n) is 8.70. The normalized spacial score (nSPS) is 24.0. The summed E-state index contributed by atoms with van der Waals surface area (Å²) in [6.45, 7) is 6.81. The van der Waals surface area contributed by atoms with Gasteiger partial charge in [0, 0.05) is 33.8 Å². The van der Waals surface area contributed by atoms with Gasteiger partial charge in [0.1, 0.15) is 5.75 Å². The molecule has 0 bridgehead atoms. The number of carbonyl (C=O) groups is 1. The van der Waals surface area contributed by atoms with E-state index in [4.69, 9.17) is 9.47 Å². The maximum Gasteiger partial charge on any atom is 0.269 e. The zero-order chi connectivity index (χ0) is 28.8. The molecule has 0 unspecified atom stereocenters. The molecule has 3 aromatic carbocycles. The summed E-state index contributed by atoms with van der Waals surface area (Å²) in [4.78, 5) is 27.7. The van der Waals surface area contributed by atoms with Crippen molar-refractivity contribution in [1.29, 1.82) is 0 Å². The van der Waals surface area contributed by atoms with Gasteiger partial charge in [0.25, 0.3) is 11.6 Å². The van der Waals surface area contributed by atoms with Crippen LogP contribution >= 0.6 is 22.6 Å². The quantitative estimate of drug-likeness (QED) is 0.150. The lowest BCUT2D eigenvalue weighted by atomic mass is 9.82. The van der Waals surface area contributed by atoms with Gasteiger partial charge in [0.2, 0.25) is 0 Å². The Bertz CT molecular complexity index is 1430. The van der Waals surface area contributed by atoms with Crippen LogP contribution in [0, 0.1) is 19.6 Å². The van der Waals surface area contributed by atoms with Crippen LogP contribution in [0.15, 0.2) is 66.7 Å². The fraction of sp³-hybridized carbons (Fsp3) is 0.367. The number of hydrogen-bond acceptors (Lipinski definition) is 6. The minimum Gasteiger partial charge on any atom is -0.497 e. The molecular weight excluding hydrogens is 639 g/mol. The Morgan fingerprint density at radius 1 is 1.12 bits per heavy atom. The minimum atomic E-state index is -2.32. The van der Waals surface area contributed by atoms with Gasteiger partial charge in [-0.05, 0) is 70.4 Å². The molecule has 8 nitrogen and oxygen atoms in total. The zero-order valence-electron chi connectivity index (χ0n) is 23.0. The molecule has 5 rings (SSSR count). The van der Waals surface area contributed by atoms with Gasteiger partial charge < -0.3 is 19.5 Å². The van der Waals surface area contributed by atoms with Crippen molar-refractivity contribution in [2.45, 2.75) is 50.2 Å².